The summed E-state index contributed by atoms with van der Waals surface area (Å²) in [6.07, 6.45) is 10.8. The lowest BCUT2D eigenvalue weighted by Crippen LogP contribution is -2.66. The zero-order valence-corrected chi connectivity index (χ0v) is 18.6. The van der Waals surface area contributed by atoms with Gasteiger partial charge in [0.05, 0.1) is 5.41 Å². The molecule has 0 amide bonds. The number of carbonyl (C=O) groups is 3. The zero-order chi connectivity index (χ0) is 21.6. The lowest BCUT2D eigenvalue weighted by atomic mass is 9.33. The van der Waals surface area contributed by atoms with Crippen molar-refractivity contribution in [1.29, 1.82) is 0 Å². The maximum Gasteiger partial charge on any atom is 0.309 e. The molecular weight excluding hydrogens is 376 g/mol. The summed E-state index contributed by atoms with van der Waals surface area (Å²) in [7, 11) is 0. The molecule has 6 aliphatic carbocycles. The van der Waals surface area contributed by atoms with E-state index in [4.69, 9.17) is 0 Å². The van der Waals surface area contributed by atoms with Gasteiger partial charge in [-0.15, -0.1) is 0 Å². The minimum absolute atomic E-state index is 0.101. The molecule has 6 rings (SSSR count). The van der Waals surface area contributed by atoms with Gasteiger partial charge >= 0.3 is 5.97 Å². The molecule has 0 saturated heterocycles. The molecule has 4 heteroatoms. The molecule has 0 aromatic heterocycles. The average Bonchev–Trinajstić information content (AvgIpc) is 2.69. The highest BCUT2D eigenvalue weighted by Gasteiger charge is 2.70. The van der Waals surface area contributed by atoms with Crippen molar-refractivity contribution >= 4 is 17.5 Å². The fourth-order valence-electron chi connectivity index (χ4n) is 9.05. The minimum Gasteiger partial charge on any atom is -0.481 e. The van der Waals surface area contributed by atoms with Gasteiger partial charge in [0.2, 0.25) is 0 Å². The maximum absolute atomic E-state index is 13.2. The fourth-order valence-corrected chi connectivity index (χ4v) is 9.05. The summed E-state index contributed by atoms with van der Waals surface area (Å²) in [6.45, 7) is 8.67. The Labute approximate surface area is 179 Å². The number of ketones is 2. The van der Waals surface area contributed by atoms with E-state index in [9.17, 15) is 19.5 Å². The number of rotatable bonds is 2. The second-order valence-corrected chi connectivity index (χ2v) is 11.6. The third kappa shape index (κ3) is 2.26. The molecule has 0 unspecified atom stereocenters. The molecule has 162 valence electrons. The highest BCUT2D eigenvalue weighted by molar-refractivity contribution is 6.08. The molecule has 2 bridgehead atoms. The van der Waals surface area contributed by atoms with Crippen LogP contribution in [0.3, 0.4) is 0 Å². The first-order valence-corrected chi connectivity index (χ1v) is 11.8. The summed E-state index contributed by atoms with van der Waals surface area (Å²) in [6, 6.07) is 0. The second-order valence-electron chi connectivity index (χ2n) is 11.6. The first-order chi connectivity index (χ1) is 14.1. The summed E-state index contributed by atoms with van der Waals surface area (Å²) in [5.41, 5.74) is 0.277. The molecule has 6 aliphatic rings. The van der Waals surface area contributed by atoms with Crippen molar-refractivity contribution in [3.8, 4) is 0 Å². The zero-order valence-electron chi connectivity index (χ0n) is 18.6. The molecule has 0 heterocycles. The molecule has 0 aliphatic heterocycles. The van der Waals surface area contributed by atoms with E-state index in [1.807, 2.05) is 6.92 Å². The summed E-state index contributed by atoms with van der Waals surface area (Å²) < 4.78 is 0. The van der Waals surface area contributed by atoms with Gasteiger partial charge in [0.25, 0.3) is 0 Å². The lowest BCUT2D eigenvalue weighted by Gasteiger charge is -2.69. The van der Waals surface area contributed by atoms with Crippen LogP contribution in [0.2, 0.25) is 0 Å². The van der Waals surface area contributed by atoms with Crippen molar-refractivity contribution in [3.63, 3.8) is 0 Å². The number of carboxylic acids is 1. The maximum atomic E-state index is 13.2. The van der Waals surface area contributed by atoms with Gasteiger partial charge in [0, 0.05) is 17.3 Å². The number of hydrogen-bond acceptors (Lipinski definition) is 3. The Bertz CT molecular complexity index is 897. The van der Waals surface area contributed by atoms with Crippen molar-refractivity contribution in [3.05, 3.63) is 23.8 Å². The minimum atomic E-state index is -0.693. The molecular formula is C26H34O4. The Morgan fingerprint density at radius 1 is 1.07 bits per heavy atom. The fraction of sp³-hybridized carbons (Fsp3) is 0.731. The highest BCUT2D eigenvalue weighted by atomic mass is 16.4. The Morgan fingerprint density at radius 3 is 2.43 bits per heavy atom. The van der Waals surface area contributed by atoms with Crippen LogP contribution in [0.4, 0.5) is 0 Å². The van der Waals surface area contributed by atoms with Crippen LogP contribution in [-0.2, 0) is 14.4 Å². The van der Waals surface area contributed by atoms with Crippen LogP contribution in [0.15, 0.2) is 23.8 Å². The first-order valence-electron chi connectivity index (χ1n) is 11.8. The van der Waals surface area contributed by atoms with E-state index in [-0.39, 0.29) is 52.0 Å². The summed E-state index contributed by atoms with van der Waals surface area (Å²) in [5, 5.41) is 10.1. The average molecular weight is 411 g/mol. The van der Waals surface area contributed by atoms with Crippen LogP contribution in [0.1, 0.15) is 66.2 Å². The predicted molar refractivity (Wildman–Crippen MR) is 114 cm³/mol. The topological polar surface area (TPSA) is 71.4 Å². The van der Waals surface area contributed by atoms with Crippen LogP contribution in [0.25, 0.3) is 0 Å². The first kappa shape index (κ1) is 20.2. The number of aliphatic carboxylic acids is 1. The predicted octanol–water partition coefficient (Wildman–Crippen LogP) is 4.84. The van der Waals surface area contributed by atoms with Crippen molar-refractivity contribution in [2.45, 2.75) is 66.2 Å². The van der Waals surface area contributed by atoms with E-state index in [1.54, 1.807) is 0 Å². The van der Waals surface area contributed by atoms with E-state index < -0.39 is 11.4 Å². The second kappa shape index (κ2) is 6.17. The Balaban J connectivity index is 1.68. The highest BCUT2D eigenvalue weighted by Crippen LogP contribution is 2.73. The van der Waals surface area contributed by atoms with Crippen molar-refractivity contribution in [1.82, 2.24) is 0 Å². The molecule has 1 N–H and O–H groups in total. The van der Waals surface area contributed by atoms with Crippen LogP contribution in [0, 0.1) is 51.8 Å². The van der Waals surface area contributed by atoms with Crippen molar-refractivity contribution in [2.24, 2.45) is 51.8 Å². The number of carbonyl (C=O) groups excluding carboxylic acids is 2. The SMILES string of the molecule is CC(C)C1=C[C@@]23CC[C@H]4[C@](C)(CCC[C@@]4(C)C(=O)O)[C@@H]2C[C@H]1[C@@H]1C(=O)C=CC(=O)[C@@H]13. The quantitative estimate of drug-likeness (QED) is 0.662. The molecule has 0 aromatic rings. The number of allylic oxidation sites excluding steroid dienone is 4. The van der Waals surface area contributed by atoms with Crippen LogP contribution < -0.4 is 0 Å². The molecule has 1 spiro atoms. The standard InChI is InChI=1S/C26H34O4/c1-14(2)16-13-26-11-8-19-24(3,9-5-10-25(19,4)23(29)30)20(26)12-15(16)21-17(27)6-7-18(28)22(21)26/h6-7,13-15,19-22H,5,8-12H2,1-4H3,(H,29,30)/t15-,19+,20+,21-,22+,24+,25-,26+/m1/s1. The number of fused-ring (bicyclic) bond motifs is 1. The van der Waals surface area contributed by atoms with Gasteiger partial charge in [-0.1, -0.05) is 38.8 Å². The smallest absolute Gasteiger partial charge is 0.309 e. The Kier molecular flexibility index (Phi) is 4.16. The third-order valence-electron chi connectivity index (χ3n) is 10.2. The molecule has 30 heavy (non-hydrogen) atoms. The van der Waals surface area contributed by atoms with E-state index >= 15 is 0 Å². The van der Waals surface area contributed by atoms with E-state index in [2.05, 4.69) is 26.8 Å². The van der Waals surface area contributed by atoms with Gasteiger partial charge in [-0.25, -0.2) is 0 Å². The van der Waals surface area contributed by atoms with Crippen molar-refractivity contribution < 1.29 is 19.5 Å². The third-order valence-corrected chi connectivity index (χ3v) is 10.2. The Hall–Kier alpha value is -1.71. The molecule has 8 atom stereocenters. The van der Waals surface area contributed by atoms with Crippen molar-refractivity contribution in [2.75, 3.05) is 0 Å². The largest absolute Gasteiger partial charge is 0.481 e. The number of carboxylic acid groups (broad SMARTS) is 1. The molecule has 0 radical (unpaired) electrons. The van der Waals surface area contributed by atoms with Crippen LogP contribution in [0.5, 0.6) is 0 Å². The van der Waals surface area contributed by atoms with Gasteiger partial charge < -0.3 is 5.11 Å². The van der Waals surface area contributed by atoms with Gasteiger partial charge in [-0.05, 0) is 80.3 Å². The summed E-state index contributed by atoms with van der Waals surface area (Å²) >= 11 is 0. The van der Waals surface area contributed by atoms with Gasteiger partial charge in [-0.3, -0.25) is 14.4 Å². The Morgan fingerprint density at radius 2 is 1.77 bits per heavy atom. The van der Waals surface area contributed by atoms with E-state index in [0.717, 1.165) is 38.5 Å². The number of hydrogen-bond donors (Lipinski definition) is 1. The molecule has 3 fully saturated rings. The summed E-state index contributed by atoms with van der Waals surface area (Å²) in [4.78, 5) is 38.6. The van der Waals surface area contributed by atoms with E-state index in [1.165, 1.54) is 17.7 Å². The van der Waals surface area contributed by atoms with Gasteiger partial charge in [0.15, 0.2) is 11.6 Å². The van der Waals surface area contributed by atoms with E-state index in [0.29, 0.717) is 5.92 Å². The van der Waals surface area contributed by atoms with Gasteiger partial charge in [-0.2, -0.15) is 0 Å². The monoisotopic (exact) mass is 410 g/mol. The van der Waals surface area contributed by atoms with Gasteiger partial charge in [0.1, 0.15) is 0 Å². The molecule has 4 nitrogen and oxygen atoms in total. The van der Waals surface area contributed by atoms with Crippen LogP contribution in [-0.4, -0.2) is 22.6 Å². The summed E-state index contributed by atoms with van der Waals surface area (Å²) in [5.74, 6) is 0.00398. The molecule has 0 aromatic carbocycles. The normalized spacial score (nSPS) is 49.4. The molecule has 3 saturated carbocycles. The lowest BCUT2D eigenvalue weighted by molar-refractivity contribution is -0.197. The van der Waals surface area contributed by atoms with Crippen LogP contribution >= 0.6 is 0 Å².